The lowest BCUT2D eigenvalue weighted by Gasteiger charge is -2.11. The first-order chi connectivity index (χ1) is 23.2. The molecule has 47 heavy (non-hydrogen) atoms. The number of para-hydroxylation sites is 3. The highest BCUT2D eigenvalue weighted by atomic mass is 15.2. The number of hydrogen-bond acceptors (Lipinski definition) is 3. The molecule has 3 aromatic heterocycles. The van der Waals surface area contributed by atoms with Crippen molar-refractivity contribution in [2.75, 3.05) is 0 Å². The van der Waals surface area contributed by atoms with Gasteiger partial charge in [0.1, 0.15) is 0 Å². The average Bonchev–Trinajstić information content (AvgIpc) is 3.65. The molecule has 220 valence electrons. The molecule has 0 bridgehead atoms. The van der Waals surface area contributed by atoms with Gasteiger partial charge in [0.05, 0.1) is 28.6 Å². The predicted molar refractivity (Wildman–Crippen MR) is 190 cm³/mol. The van der Waals surface area contributed by atoms with Gasteiger partial charge in [0.2, 0.25) is 5.95 Å². The number of fused-ring (bicyclic) bond motifs is 6. The number of benzene rings is 6. The summed E-state index contributed by atoms with van der Waals surface area (Å²) in [7, 11) is 0. The Kier molecular flexibility index (Phi) is 5.99. The predicted octanol–water partition coefficient (Wildman–Crippen LogP) is 10.3. The maximum absolute atomic E-state index is 7.69. The van der Waals surface area contributed by atoms with E-state index in [0.717, 1.165) is 66.0 Å². The second kappa shape index (κ2) is 10.5. The zero-order valence-electron chi connectivity index (χ0n) is 25.5. The van der Waals surface area contributed by atoms with Crippen LogP contribution in [0.3, 0.4) is 0 Å². The fourth-order valence-electron chi connectivity index (χ4n) is 6.70. The minimum atomic E-state index is 0.570. The molecule has 9 rings (SSSR count). The van der Waals surface area contributed by atoms with E-state index in [1.54, 1.807) is 0 Å². The molecular weight excluding hydrogens is 576 g/mol. The summed E-state index contributed by atoms with van der Waals surface area (Å²) in [5, 5.41) is 4.51. The Bertz CT molecular complexity index is 2660. The molecule has 3 heterocycles. The van der Waals surface area contributed by atoms with Crippen molar-refractivity contribution in [2.24, 2.45) is 0 Å². The van der Waals surface area contributed by atoms with Crippen LogP contribution < -0.4 is 0 Å². The van der Waals surface area contributed by atoms with Crippen LogP contribution in [0, 0.1) is 13.5 Å². The van der Waals surface area contributed by atoms with Crippen LogP contribution in [0.25, 0.3) is 82.9 Å². The van der Waals surface area contributed by atoms with E-state index in [2.05, 4.69) is 111 Å². The lowest BCUT2D eigenvalue weighted by molar-refractivity contribution is 0.953. The van der Waals surface area contributed by atoms with Crippen LogP contribution in [-0.2, 0) is 0 Å². The third-order valence-electron chi connectivity index (χ3n) is 8.94. The summed E-state index contributed by atoms with van der Waals surface area (Å²) in [4.78, 5) is 19.0. The van der Waals surface area contributed by atoms with Crippen LogP contribution in [0.5, 0.6) is 0 Å². The molecule has 6 aromatic carbocycles. The molecule has 0 N–H and O–H groups in total. The highest BCUT2D eigenvalue weighted by molar-refractivity contribution is 6.11. The van der Waals surface area contributed by atoms with Gasteiger partial charge in [-0.3, -0.25) is 4.57 Å². The number of nitrogens with zero attached hydrogens (tertiary/aromatic N) is 6. The zero-order chi connectivity index (χ0) is 31.5. The van der Waals surface area contributed by atoms with Gasteiger partial charge in [-0.15, -0.1) is 0 Å². The van der Waals surface area contributed by atoms with Crippen molar-refractivity contribution >= 4 is 49.3 Å². The highest BCUT2D eigenvalue weighted by Gasteiger charge is 2.19. The van der Waals surface area contributed by atoms with Crippen LogP contribution in [0.1, 0.15) is 5.56 Å². The van der Waals surface area contributed by atoms with Crippen LogP contribution in [0.15, 0.2) is 140 Å². The zero-order valence-corrected chi connectivity index (χ0v) is 25.5. The molecule has 0 aliphatic rings. The Morgan fingerprint density at radius 2 is 1.04 bits per heavy atom. The van der Waals surface area contributed by atoms with Gasteiger partial charge in [-0.1, -0.05) is 91.0 Å². The molecule has 0 atom stereocenters. The van der Waals surface area contributed by atoms with Gasteiger partial charge in [-0.2, -0.15) is 9.97 Å². The van der Waals surface area contributed by atoms with Gasteiger partial charge < -0.3 is 4.57 Å². The second-order valence-corrected chi connectivity index (χ2v) is 11.7. The largest absolute Gasteiger partial charge is 0.311 e. The normalized spacial score (nSPS) is 11.5. The van der Waals surface area contributed by atoms with Crippen molar-refractivity contribution in [1.82, 2.24) is 24.1 Å². The fourth-order valence-corrected chi connectivity index (χ4v) is 6.70. The highest BCUT2D eigenvalue weighted by Crippen LogP contribution is 2.37. The van der Waals surface area contributed by atoms with Crippen LogP contribution in [-0.4, -0.2) is 24.1 Å². The second-order valence-electron chi connectivity index (χ2n) is 11.7. The smallest absolute Gasteiger partial charge is 0.238 e. The Balaban J connectivity index is 1.30. The molecule has 6 nitrogen and oxygen atoms in total. The first-order valence-electron chi connectivity index (χ1n) is 15.5. The van der Waals surface area contributed by atoms with Crippen molar-refractivity contribution in [2.45, 2.75) is 6.92 Å². The van der Waals surface area contributed by atoms with E-state index in [1.165, 1.54) is 0 Å². The average molecular weight is 603 g/mol. The van der Waals surface area contributed by atoms with Crippen LogP contribution in [0.4, 0.5) is 5.69 Å². The topological polar surface area (TPSA) is 52.9 Å². The SMILES string of the molecule is [C-]#[N+]c1cc(-n2c3ccccc3c3cc(-c4nc(-c5ccccc5)nc(-n5c6ccccc6c6ccccc65)n4)ccc32)ccc1C. The monoisotopic (exact) mass is 602 g/mol. The van der Waals surface area contributed by atoms with Crippen LogP contribution >= 0.6 is 0 Å². The molecule has 0 saturated carbocycles. The van der Waals surface area contributed by atoms with E-state index in [9.17, 15) is 0 Å². The van der Waals surface area contributed by atoms with E-state index >= 15 is 0 Å². The third kappa shape index (κ3) is 4.22. The standard InChI is InChI=1S/C41H26N6/c1-26-20-22-29(25-34(26)42-2)46-35-17-9-8-16-32(35)33-24-28(21-23-38(33)46)40-43-39(27-12-4-3-5-13-27)44-41(45-40)47-36-18-10-6-14-30(36)31-15-7-11-19-37(31)47/h3-25H,1H3. The van der Waals surface area contributed by atoms with Crippen molar-refractivity contribution in [3.63, 3.8) is 0 Å². The van der Waals surface area contributed by atoms with Crippen molar-refractivity contribution < 1.29 is 0 Å². The summed E-state index contributed by atoms with van der Waals surface area (Å²) in [6.45, 7) is 9.66. The molecule has 0 aliphatic heterocycles. The molecule has 0 aliphatic carbocycles. The first-order valence-corrected chi connectivity index (χ1v) is 15.5. The van der Waals surface area contributed by atoms with Crippen molar-refractivity contribution in [3.8, 4) is 34.4 Å². The Hall–Kier alpha value is -6.58. The third-order valence-corrected chi connectivity index (χ3v) is 8.94. The van der Waals surface area contributed by atoms with Gasteiger partial charge in [0, 0.05) is 38.4 Å². The Morgan fingerprint density at radius 1 is 0.489 bits per heavy atom. The number of aryl methyl sites for hydroxylation is 1. The van der Waals surface area contributed by atoms with E-state index in [4.69, 9.17) is 21.5 Å². The Morgan fingerprint density at radius 3 is 1.70 bits per heavy atom. The summed E-state index contributed by atoms with van der Waals surface area (Å²) < 4.78 is 4.37. The molecule has 0 unspecified atom stereocenters. The van der Waals surface area contributed by atoms with E-state index < -0.39 is 0 Å². The van der Waals surface area contributed by atoms with E-state index in [1.807, 2.05) is 49.4 Å². The summed E-state index contributed by atoms with van der Waals surface area (Å²) in [6.07, 6.45) is 0. The van der Waals surface area contributed by atoms with Crippen LogP contribution in [0.2, 0.25) is 0 Å². The number of rotatable bonds is 4. The van der Waals surface area contributed by atoms with E-state index in [-0.39, 0.29) is 0 Å². The lowest BCUT2D eigenvalue weighted by Crippen LogP contribution is -2.06. The van der Waals surface area contributed by atoms with Gasteiger partial charge in [-0.05, 0) is 61.0 Å². The minimum absolute atomic E-state index is 0.570. The quantitative estimate of drug-likeness (QED) is 0.188. The number of aromatic nitrogens is 5. The van der Waals surface area contributed by atoms with E-state index in [0.29, 0.717) is 23.3 Å². The summed E-state index contributed by atoms with van der Waals surface area (Å²) in [5.74, 6) is 1.78. The first kappa shape index (κ1) is 26.8. The van der Waals surface area contributed by atoms with Gasteiger partial charge in [0.15, 0.2) is 17.3 Å². The van der Waals surface area contributed by atoms with Gasteiger partial charge in [-0.25, -0.2) is 9.83 Å². The van der Waals surface area contributed by atoms with Crippen molar-refractivity contribution in [3.05, 3.63) is 157 Å². The van der Waals surface area contributed by atoms with Crippen molar-refractivity contribution in [1.29, 1.82) is 0 Å². The summed E-state index contributed by atoms with van der Waals surface area (Å²) in [5.41, 5.74) is 8.61. The molecular formula is C41H26N6. The minimum Gasteiger partial charge on any atom is -0.311 e. The maximum Gasteiger partial charge on any atom is 0.238 e. The molecule has 0 spiro atoms. The molecule has 0 fully saturated rings. The molecule has 9 aromatic rings. The van der Waals surface area contributed by atoms with Gasteiger partial charge >= 0.3 is 0 Å². The summed E-state index contributed by atoms with van der Waals surface area (Å²) in [6, 6.07) is 47.7. The maximum atomic E-state index is 7.69. The summed E-state index contributed by atoms with van der Waals surface area (Å²) >= 11 is 0. The van der Waals surface area contributed by atoms with Gasteiger partial charge in [0.25, 0.3) is 0 Å². The molecule has 0 saturated heterocycles. The number of hydrogen-bond donors (Lipinski definition) is 0. The Labute approximate surface area is 270 Å². The molecule has 0 radical (unpaired) electrons. The molecule has 6 heteroatoms. The fraction of sp³-hybridized carbons (Fsp3) is 0.0244. The lowest BCUT2D eigenvalue weighted by atomic mass is 10.1. The molecule has 0 amide bonds.